The Kier molecular flexibility index (Phi) is 7.98. The van der Waals surface area contributed by atoms with Crippen molar-refractivity contribution in [2.75, 3.05) is 0 Å². The summed E-state index contributed by atoms with van der Waals surface area (Å²) >= 11 is 1.82. The van der Waals surface area contributed by atoms with Crippen molar-refractivity contribution in [3.05, 3.63) is 182 Å². The quantitative estimate of drug-likeness (QED) is 0.162. The summed E-state index contributed by atoms with van der Waals surface area (Å²) in [4.78, 5) is 14.9. The maximum absolute atomic E-state index is 6.78. The van der Waals surface area contributed by atoms with E-state index >= 15 is 0 Å². The van der Waals surface area contributed by atoms with Crippen molar-refractivity contribution >= 4 is 76.5 Å². The highest BCUT2D eigenvalue weighted by Crippen LogP contribution is 2.45. The molecule has 0 spiro atoms. The van der Waals surface area contributed by atoms with E-state index in [1.165, 1.54) is 31.1 Å². The van der Waals surface area contributed by atoms with E-state index in [1.807, 2.05) is 90.2 Å². The van der Waals surface area contributed by atoms with E-state index in [0.29, 0.717) is 17.5 Å². The molecule has 0 bridgehead atoms. The number of allylic oxidation sites excluding steroid dienone is 1. The lowest BCUT2D eigenvalue weighted by Gasteiger charge is -2.10. The molecule has 0 fully saturated rings. The van der Waals surface area contributed by atoms with Gasteiger partial charge in [-0.2, -0.15) is 0 Å². The molecule has 5 nitrogen and oxygen atoms in total. The minimum absolute atomic E-state index is 0.610. The van der Waals surface area contributed by atoms with Gasteiger partial charge in [0.2, 0.25) is 0 Å². The fourth-order valence-corrected chi connectivity index (χ4v) is 9.48. The first-order chi connectivity index (χ1) is 28.7. The Morgan fingerprint density at radius 1 is 0.569 bits per heavy atom. The molecule has 6 heteroatoms. The first-order valence-electron chi connectivity index (χ1n) is 19.3. The van der Waals surface area contributed by atoms with Crippen LogP contribution in [0, 0.1) is 0 Å². The van der Waals surface area contributed by atoms with Crippen molar-refractivity contribution in [3.8, 4) is 51.0 Å². The molecule has 0 amide bonds. The number of hydrogen-bond acceptors (Lipinski definition) is 5. The molecule has 11 aromatic rings. The molecule has 0 atom stereocenters. The van der Waals surface area contributed by atoms with Gasteiger partial charge in [-0.15, -0.1) is 11.3 Å². The van der Waals surface area contributed by atoms with Gasteiger partial charge in [0.15, 0.2) is 17.5 Å². The lowest BCUT2D eigenvalue weighted by molar-refractivity contribution is 0.670. The second kappa shape index (κ2) is 13.7. The van der Waals surface area contributed by atoms with Crippen molar-refractivity contribution in [1.82, 2.24) is 19.5 Å². The average molecular weight is 763 g/mol. The molecule has 0 unspecified atom stereocenters. The topological polar surface area (TPSA) is 56.7 Å². The van der Waals surface area contributed by atoms with Gasteiger partial charge in [-0.25, -0.2) is 15.0 Å². The Labute approximate surface area is 338 Å². The van der Waals surface area contributed by atoms with Crippen LogP contribution in [0.25, 0.3) is 116 Å². The van der Waals surface area contributed by atoms with Crippen LogP contribution in [-0.2, 0) is 0 Å². The number of hydrogen-bond donors (Lipinski definition) is 0. The standard InChI is InChI=1S/C52H34N4OS/c1-3-15-36-37-20-11-12-24-44(37)56(43(36)4-2)35-27-29-46-42(31-35)48-38(21-14-25-47(48)58-46)39-22-13-23-40-41-30-34(26-28-45(41)57-49(39)40)52-54-50(32-16-7-5-8-17-32)53-51(55-52)33-18-9-6-10-19-33/h3-31H,2H2,1H3/b15-3-. The van der Waals surface area contributed by atoms with Crippen LogP contribution in [0.5, 0.6) is 0 Å². The van der Waals surface area contributed by atoms with Crippen LogP contribution in [0.4, 0.5) is 0 Å². The normalized spacial score (nSPS) is 11.9. The van der Waals surface area contributed by atoms with Gasteiger partial charge >= 0.3 is 0 Å². The summed E-state index contributed by atoms with van der Waals surface area (Å²) in [7, 11) is 0. The summed E-state index contributed by atoms with van der Waals surface area (Å²) in [6.45, 7) is 6.30. The minimum Gasteiger partial charge on any atom is -0.455 e. The Balaban J connectivity index is 1.08. The van der Waals surface area contributed by atoms with E-state index in [9.17, 15) is 0 Å². The smallest absolute Gasteiger partial charge is 0.164 e. The van der Waals surface area contributed by atoms with Gasteiger partial charge in [0.05, 0.1) is 11.2 Å². The van der Waals surface area contributed by atoms with Gasteiger partial charge < -0.3 is 8.98 Å². The van der Waals surface area contributed by atoms with Crippen molar-refractivity contribution in [3.63, 3.8) is 0 Å². The fourth-order valence-electron chi connectivity index (χ4n) is 8.37. The zero-order valence-electron chi connectivity index (χ0n) is 31.6. The predicted molar refractivity (Wildman–Crippen MR) is 243 cm³/mol. The Morgan fingerprint density at radius 2 is 1.24 bits per heavy atom. The van der Waals surface area contributed by atoms with Crippen LogP contribution in [-0.4, -0.2) is 19.5 Å². The third-order valence-electron chi connectivity index (χ3n) is 11.0. The van der Waals surface area contributed by atoms with Gasteiger partial charge in [0, 0.05) is 69.8 Å². The maximum atomic E-state index is 6.78. The highest BCUT2D eigenvalue weighted by molar-refractivity contribution is 7.26. The van der Waals surface area contributed by atoms with E-state index in [-0.39, 0.29) is 0 Å². The molecule has 0 aliphatic carbocycles. The summed E-state index contributed by atoms with van der Waals surface area (Å²) < 4.78 is 11.6. The monoisotopic (exact) mass is 762 g/mol. The molecule has 0 aliphatic rings. The third-order valence-corrected chi connectivity index (χ3v) is 12.1. The number of aromatic nitrogens is 4. The van der Waals surface area contributed by atoms with Crippen molar-refractivity contribution in [1.29, 1.82) is 0 Å². The fraction of sp³-hybridized carbons (Fsp3) is 0.0192. The first kappa shape index (κ1) is 33.9. The summed E-state index contributed by atoms with van der Waals surface area (Å²) in [5.74, 6) is 1.87. The van der Waals surface area contributed by atoms with E-state index < -0.39 is 0 Å². The molecular formula is C52H34N4OS. The summed E-state index contributed by atoms with van der Waals surface area (Å²) in [5, 5.41) is 5.68. The van der Waals surface area contributed by atoms with Crippen LogP contribution in [0.1, 0.15) is 18.2 Å². The van der Waals surface area contributed by atoms with Gasteiger partial charge in [-0.05, 0) is 67.1 Å². The molecule has 4 heterocycles. The predicted octanol–water partition coefficient (Wildman–Crippen LogP) is 14.4. The van der Waals surface area contributed by atoms with E-state index in [4.69, 9.17) is 19.4 Å². The Morgan fingerprint density at radius 3 is 1.98 bits per heavy atom. The van der Waals surface area contributed by atoms with Gasteiger partial charge in [0.1, 0.15) is 11.2 Å². The summed E-state index contributed by atoms with van der Waals surface area (Å²) in [6, 6.07) is 54.8. The minimum atomic E-state index is 0.610. The molecule has 0 N–H and O–H groups in total. The average Bonchev–Trinajstić information content (AvgIpc) is 3.96. The van der Waals surface area contributed by atoms with Crippen LogP contribution < -0.4 is 0 Å². The molecular weight excluding hydrogens is 729 g/mol. The second-order valence-electron chi connectivity index (χ2n) is 14.4. The van der Waals surface area contributed by atoms with Crippen molar-refractivity contribution < 1.29 is 4.42 Å². The molecule has 0 radical (unpaired) electrons. The lowest BCUT2D eigenvalue weighted by Crippen LogP contribution is -2.00. The number of nitrogens with zero attached hydrogens (tertiary/aromatic N) is 4. The molecule has 58 heavy (non-hydrogen) atoms. The molecule has 11 rings (SSSR count). The summed E-state index contributed by atoms with van der Waals surface area (Å²) in [6.07, 6.45) is 6.24. The van der Waals surface area contributed by atoms with Crippen LogP contribution >= 0.6 is 11.3 Å². The number of rotatable bonds is 7. The Bertz CT molecular complexity index is 3370. The summed E-state index contributed by atoms with van der Waals surface area (Å²) in [5.41, 5.74) is 11.1. The number of para-hydroxylation sites is 2. The molecule has 0 saturated carbocycles. The van der Waals surface area contributed by atoms with Crippen molar-refractivity contribution in [2.24, 2.45) is 0 Å². The number of furan rings is 1. The first-order valence-corrected chi connectivity index (χ1v) is 20.2. The maximum Gasteiger partial charge on any atom is 0.164 e. The van der Waals surface area contributed by atoms with Crippen LogP contribution in [0.15, 0.2) is 175 Å². The van der Waals surface area contributed by atoms with Gasteiger partial charge in [-0.1, -0.05) is 128 Å². The number of thiophene rings is 1. The SMILES string of the molecule is C=Cc1c(/C=C\C)c2ccccc2n1-c1ccc2sc3cccc(-c4cccc5c4oc4ccc(-c6nc(-c7ccccc7)nc(-c7ccccc7)n6)cc45)c3c2c1. The van der Waals surface area contributed by atoms with Crippen LogP contribution in [0.2, 0.25) is 0 Å². The van der Waals surface area contributed by atoms with E-state index in [1.54, 1.807) is 0 Å². The van der Waals surface area contributed by atoms with Gasteiger partial charge in [0.25, 0.3) is 0 Å². The third kappa shape index (κ3) is 5.41. The highest BCUT2D eigenvalue weighted by atomic mass is 32.1. The zero-order chi connectivity index (χ0) is 38.7. The van der Waals surface area contributed by atoms with E-state index in [2.05, 4.69) is 115 Å². The van der Waals surface area contributed by atoms with Gasteiger partial charge in [-0.3, -0.25) is 0 Å². The highest BCUT2D eigenvalue weighted by Gasteiger charge is 2.20. The molecule has 0 saturated heterocycles. The Hall–Kier alpha value is -7.41. The molecule has 0 aliphatic heterocycles. The number of benzene rings is 7. The van der Waals surface area contributed by atoms with E-state index in [0.717, 1.165) is 66.7 Å². The molecule has 7 aromatic carbocycles. The van der Waals surface area contributed by atoms with Crippen LogP contribution in [0.3, 0.4) is 0 Å². The zero-order valence-corrected chi connectivity index (χ0v) is 32.4. The largest absolute Gasteiger partial charge is 0.455 e. The lowest BCUT2D eigenvalue weighted by atomic mass is 9.97. The second-order valence-corrected chi connectivity index (χ2v) is 15.4. The van der Waals surface area contributed by atoms with Crippen molar-refractivity contribution in [2.45, 2.75) is 6.92 Å². The molecule has 4 aromatic heterocycles. The molecule has 274 valence electrons. The number of fused-ring (bicyclic) bond motifs is 7.